The fourth-order valence-electron chi connectivity index (χ4n) is 1.88. The van der Waals surface area contributed by atoms with Crippen molar-refractivity contribution in [1.29, 1.82) is 0 Å². The lowest BCUT2D eigenvalue weighted by atomic mass is 10.2. The molecule has 20 heavy (non-hydrogen) atoms. The summed E-state index contributed by atoms with van der Waals surface area (Å²) in [6.45, 7) is 8.34. The van der Waals surface area contributed by atoms with Gasteiger partial charge in [-0.3, -0.25) is 4.99 Å². The highest BCUT2D eigenvalue weighted by Gasteiger charge is 2.33. The predicted molar refractivity (Wildman–Crippen MR) is 93.7 cm³/mol. The molecule has 114 valence electrons. The summed E-state index contributed by atoms with van der Waals surface area (Å²) in [5.74, 6) is 3.31. The minimum atomic E-state index is 0. The van der Waals surface area contributed by atoms with Gasteiger partial charge in [0, 0.05) is 25.6 Å². The minimum absolute atomic E-state index is 0. The number of hydrogen-bond donors (Lipinski definition) is 2. The lowest BCUT2D eigenvalue weighted by molar-refractivity contribution is 0.506. The van der Waals surface area contributed by atoms with Crippen molar-refractivity contribution >= 4 is 29.9 Å². The third kappa shape index (κ3) is 6.15. The first-order valence-corrected chi connectivity index (χ1v) is 7.22. The van der Waals surface area contributed by atoms with E-state index in [0.717, 1.165) is 37.1 Å². The highest BCUT2D eigenvalue weighted by molar-refractivity contribution is 14.0. The molecule has 0 radical (unpaired) electrons. The summed E-state index contributed by atoms with van der Waals surface area (Å²) in [7, 11) is 0. The number of rotatable bonds is 6. The summed E-state index contributed by atoms with van der Waals surface area (Å²) < 4.78 is 5.32. The van der Waals surface area contributed by atoms with Gasteiger partial charge in [0.25, 0.3) is 0 Å². The molecular formula is C15H26IN3O. The minimum Gasteiger partial charge on any atom is -0.469 e. The fourth-order valence-corrected chi connectivity index (χ4v) is 1.88. The molecule has 2 unspecified atom stereocenters. The molecule has 2 atom stereocenters. The molecule has 5 heteroatoms. The molecule has 2 rings (SSSR count). The molecule has 1 saturated carbocycles. The van der Waals surface area contributed by atoms with Gasteiger partial charge < -0.3 is 15.1 Å². The maximum atomic E-state index is 5.32. The van der Waals surface area contributed by atoms with E-state index in [1.807, 2.05) is 12.1 Å². The standard InChI is InChI=1S/C15H25N3O.HI/c1-11(2)10-17-15(18-14-9-12(14)3)16-7-6-13-5-4-8-19-13;/h4-5,8,11-12,14H,6-7,9-10H2,1-3H3,(H2,16,17,18);1H. The average molecular weight is 391 g/mol. The van der Waals surface area contributed by atoms with E-state index < -0.39 is 0 Å². The first kappa shape index (κ1) is 17.3. The molecule has 0 bridgehead atoms. The van der Waals surface area contributed by atoms with Gasteiger partial charge in [0.1, 0.15) is 5.76 Å². The second-order valence-electron chi connectivity index (χ2n) is 5.80. The fraction of sp³-hybridized carbons (Fsp3) is 0.667. The Balaban J connectivity index is 0.00000200. The smallest absolute Gasteiger partial charge is 0.191 e. The van der Waals surface area contributed by atoms with Crippen LogP contribution in [-0.2, 0) is 6.42 Å². The largest absolute Gasteiger partial charge is 0.469 e. The van der Waals surface area contributed by atoms with Gasteiger partial charge in [-0.2, -0.15) is 0 Å². The van der Waals surface area contributed by atoms with Gasteiger partial charge in [-0.15, -0.1) is 24.0 Å². The van der Waals surface area contributed by atoms with E-state index in [2.05, 4.69) is 36.4 Å². The summed E-state index contributed by atoms with van der Waals surface area (Å²) in [5, 5.41) is 6.87. The van der Waals surface area contributed by atoms with E-state index in [-0.39, 0.29) is 24.0 Å². The number of guanidine groups is 1. The van der Waals surface area contributed by atoms with Gasteiger partial charge in [0.15, 0.2) is 5.96 Å². The number of halogens is 1. The summed E-state index contributed by atoms with van der Waals surface area (Å²) >= 11 is 0. The van der Waals surface area contributed by atoms with Crippen LogP contribution in [0.1, 0.15) is 33.0 Å². The van der Waals surface area contributed by atoms with Crippen molar-refractivity contribution in [3.8, 4) is 0 Å². The average Bonchev–Trinajstić information content (AvgIpc) is 2.85. The van der Waals surface area contributed by atoms with Crippen LogP contribution in [0.5, 0.6) is 0 Å². The van der Waals surface area contributed by atoms with E-state index in [4.69, 9.17) is 4.42 Å². The predicted octanol–water partition coefficient (Wildman–Crippen LogP) is 3.04. The Morgan fingerprint density at radius 3 is 2.80 bits per heavy atom. The molecule has 0 aliphatic heterocycles. The lowest BCUT2D eigenvalue weighted by Gasteiger charge is -2.12. The van der Waals surface area contributed by atoms with Crippen LogP contribution in [0.2, 0.25) is 0 Å². The SMILES string of the molecule is CC(C)CN=C(NCCc1ccco1)NC1CC1C.I. The number of furan rings is 1. The monoisotopic (exact) mass is 391 g/mol. The Bertz CT molecular complexity index is 403. The van der Waals surface area contributed by atoms with E-state index >= 15 is 0 Å². The van der Waals surface area contributed by atoms with Crippen LogP contribution < -0.4 is 10.6 Å². The molecule has 0 amide bonds. The molecule has 1 aliphatic rings. The molecule has 0 saturated heterocycles. The van der Waals surface area contributed by atoms with Gasteiger partial charge in [-0.25, -0.2) is 0 Å². The molecule has 1 aromatic heterocycles. The molecule has 0 aromatic carbocycles. The third-order valence-corrected chi connectivity index (χ3v) is 3.29. The van der Waals surface area contributed by atoms with E-state index in [9.17, 15) is 0 Å². The van der Waals surface area contributed by atoms with Crippen molar-refractivity contribution < 1.29 is 4.42 Å². The normalized spacial score (nSPS) is 21.5. The van der Waals surface area contributed by atoms with Gasteiger partial charge >= 0.3 is 0 Å². The van der Waals surface area contributed by atoms with E-state index in [0.29, 0.717) is 12.0 Å². The van der Waals surface area contributed by atoms with E-state index in [1.54, 1.807) is 6.26 Å². The molecule has 1 aliphatic carbocycles. The van der Waals surface area contributed by atoms with Crippen molar-refractivity contribution in [3.63, 3.8) is 0 Å². The Kier molecular flexibility index (Phi) is 7.40. The Morgan fingerprint density at radius 2 is 2.25 bits per heavy atom. The molecule has 1 aromatic rings. The molecule has 4 nitrogen and oxygen atoms in total. The molecule has 2 N–H and O–H groups in total. The van der Waals surface area contributed by atoms with Crippen LogP contribution in [0.3, 0.4) is 0 Å². The number of nitrogens with one attached hydrogen (secondary N) is 2. The zero-order valence-electron chi connectivity index (χ0n) is 12.6. The second-order valence-corrected chi connectivity index (χ2v) is 5.80. The van der Waals surface area contributed by atoms with Crippen molar-refractivity contribution in [1.82, 2.24) is 10.6 Å². The summed E-state index contributed by atoms with van der Waals surface area (Å²) in [5.41, 5.74) is 0. The summed E-state index contributed by atoms with van der Waals surface area (Å²) in [6.07, 6.45) is 3.85. The Hall–Kier alpha value is -0.720. The zero-order valence-corrected chi connectivity index (χ0v) is 14.9. The Morgan fingerprint density at radius 1 is 1.50 bits per heavy atom. The number of nitrogens with zero attached hydrogens (tertiary/aromatic N) is 1. The Labute approximate surface area is 138 Å². The molecule has 1 fully saturated rings. The van der Waals surface area contributed by atoms with Crippen LogP contribution in [0.25, 0.3) is 0 Å². The first-order chi connectivity index (χ1) is 9.15. The van der Waals surface area contributed by atoms with Gasteiger partial charge in [0.05, 0.1) is 6.26 Å². The van der Waals surface area contributed by atoms with Crippen LogP contribution in [0.15, 0.2) is 27.8 Å². The zero-order chi connectivity index (χ0) is 13.7. The van der Waals surface area contributed by atoms with E-state index in [1.165, 1.54) is 6.42 Å². The highest BCUT2D eigenvalue weighted by atomic mass is 127. The number of aliphatic imine (C=N–C) groups is 1. The van der Waals surface area contributed by atoms with Gasteiger partial charge in [0.2, 0.25) is 0 Å². The highest BCUT2D eigenvalue weighted by Crippen LogP contribution is 2.28. The summed E-state index contributed by atoms with van der Waals surface area (Å²) in [6, 6.07) is 4.53. The maximum absolute atomic E-state index is 5.32. The second kappa shape index (κ2) is 8.54. The molecular weight excluding hydrogens is 365 g/mol. The van der Waals surface area contributed by atoms with Crippen molar-refractivity contribution in [3.05, 3.63) is 24.2 Å². The quantitative estimate of drug-likeness (QED) is 0.445. The topological polar surface area (TPSA) is 49.6 Å². The van der Waals surface area contributed by atoms with Crippen LogP contribution in [0, 0.1) is 11.8 Å². The van der Waals surface area contributed by atoms with Gasteiger partial charge in [-0.1, -0.05) is 20.8 Å². The molecule has 1 heterocycles. The lowest BCUT2D eigenvalue weighted by Crippen LogP contribution is -2.40. The maximum Gasteiger partial charge on any atom is 0.191 e. The van der Waals surface area contributed by atoms with Crippen LogP contribution in [0.4, 0.5) is 0 Å². The summed E-state index contributed by atoms with van der Waals surface area (Å²) in [4.78, 5) is 4.62. The first-order valence-electron chi connectivity index (χ1n) is 7.22. The van der Waals surface area contributed by atoms with Crippen LogP contribution >= 0.6 is 24.0 Å². The van der Waals surface area contributed by atoms with Crippen molar-refractivity contribution in [2.75, 3.05) is 13.1 Å². The van der Waals surface area contributed by atoms with Crippen LogP contribution in [-0.4, -0.2) is 25.1 Å². The third-order valence-electron chi connectivity index (χ3n) is 3.29. The molecule has 0 spiro atoms. The van der Waals surface area contributed by atoms with Crippen molar-refractivity contribution in [2.45, 2.75) is 39.7 Å². The van der Waals surface area contributed by atoms with Crippen molar-refractivity contribution in [2.24, 2.45) is 16.8 Å². The number of hydrogen-bond acceptors (Lipinski definition) is 2. The van der Waals surface area contributed by atoms with Gasteiger partial charge in [-0.05, 0) is 30.4 Å².